The monoisotopic (exact) mass is 462 g/mol. The average molecular weight is 463 g/mol. The Morgan fingerprint density at radius 2 is 1.94 bits per heavy atom. The van der Waals surface area contributed by atoms with Gasteiger partial charge in [-0.1, -0.05) is 36.4 Å². The van der Waals surface area contributed by atoms with Crippen LogP contribution in [0.3, 0.4) is 0 Å². The summed E-state index contributed by atoms with van der Waals surface area (Å²) >= 11 is 6.34. The van der Waals surface area contributed by atoms with E-state index in [1.54, 1.807) is 0 Å². The molecule has 0 bridgehead atoms. The first kappa shape index (κ1) is 21.3. The van der Waals surface area contributed by atoms with Crippen molar-refractivity contribution in [2.75, 3.05) is 36.0 Å². The van der Waals surface area contributed by atoms with Gasteiger partial charge in [-0.3, -0.25) is 0 Å². The smallest absolute Gasteiger partial charge is 0.407 e. The minimum Gasteiger partial charge on any atom is -0.465 e. The second-order valence-corrected chi connectivity index (χ2v) is 8.69. The molecule has 3 aromatic rings. The Bertz CT molecular complexity index is 1250. The van der Waals surface area contributed by atoms with Gasteiger partial charge in [-0.15, -0.1) is 0 Å². The zero-order valence-electron chi connectivity index (χ0n) is 18.0. The summed E-state index contributed by atoms with van der Waals surface area (Å²) in [6, 6.07) is 16.4. The van der Waals surface area contributed by atoms with E-state index in [4.69, 9.17) is 11.6 Å². The first-order chi connectivity index (χ1) is 16.0. The number of carbonyl (C=O) groups is 1. The molecule has 1 saturated heterocycles. The third-order valence-electron chi connectivity index (χ3n) is 6.48. The molecule has 2 aromatic carbocycles. The van der Waals surface area contributed by atoms with E-state index < -0.39 is 12.1 Å². The van der Waals surface area contributed by atoms with Gasteiger partial charge in [0.25, 0.3) is 0 Å². The van der Waals surface area contributed by atoms with Crippen molar-refractivity contribution in [2.24, 2.45) is 0 Å². The Morgan fingerprint density at radius 1 is 1.12 bits per heavy atom. The minimum atomic E-state index is -0.997. The van der Waals surface area contributed by atoms with E-state index in [1.165, 1.54) is 21.4 Å². The summed E-state index contributed by atoms with van der Waals surface area (Å²) in [7, 11) is 0. The van der Waals surface area contributed by atoms with E-state index in [0.717, 1.165) is 30.0 Å². The van der Waals surface area contributed by atoms with Crippen molar-refractivity contribution in [2.45, 2.75) is 25.4 Å². The SMILES string of the molecule is N#CCC1CN(c2nc(Cl)nc3c2CCN(c2cccc4ccccc24)C3)CCN1C(=O)O. The fourth-order valence-electron chi connectivity index (χ4n) is 4.91. The van der Waals surface area contributed by atoms with Gasteiger partial charge in [0.2, 0.25) is 5.28 Å². The van der Waals surface area contributed by atoms with Gasteiger partial charge in [-0.2, -0.15) is 5.26 Å². The van der Waals surface area contributed by atoms with Crippen molar-refractivity contribution < 1.29 is 9.90 Å². The molecule has 0 aliphatic carbocycles. The molecule has 2 aliphatic rings. The topological polar surface area (TPSA) is 96.6 Å². The van der Waals surface area contributed by atoms with Crippen LogP contribution in [0.2, 0.25) is 5.28 Å². The van der Waals surface area contributed by atoms with Gasteiger partial charge in [0.05, 0.1) is 30.8 Å². The summed E-state index contributed by atoms with van der Waals surface area (Å²) in [5, 5.41) is 21.2. The Morgan fingerprint density at radius 3 is 2.76 bits per heavy atom. The standard InChI is InChI=1S/C24H23ClN6O2/c25-23-27-20-15-29(21-7-3-5-16-4-1-2-6-18(16)21)11-9-19(20)22(28-23)30-12-13-31(24(32)33)17(14-30)8-10-26/h1-7,17H,8-9,11-15H2,(H,32,33). The van der Waals surface area contributed by atoms with Crippen LogP contribution in [0.5, 0.6) is 0 Å². The van der Waals surface area contributed by atoms with Gasteiger partial charge in [-0.25, -0.2) is 14.8 Å². The van der Waals surface area contributed by atoms with Crippen molar-refractivity contribution in [1.82, 2.24) is 14.9 Å². The van der Waals surface area contributed by atoms with Gasteiger partial charge in [0, 0.05) is 42.8 Å². The number of benzene rings is 2. The van der Waals surface area contributed by atoms with Crippen LogP contribution in [0.4, 0.5) is 16.3 Å². The number of halogens is 1. The highest BCUT2D eigenvalue weighted by Gasteiger charge is 2.33. The summed E-state index contributed by atoms with van der Waals surface area (Å²) in [6.07, 6.45) is -0.102. The molecule has 0 radical (unpaired) electrons. The van der Waals surface area contributed by atoms with Crippen molar-refractivity contribution in [3.05, 3.63) is 59.0 Å². The summed E-state index contributed by atoms with van der Waals surface area (Å²) in [5.74, 6) is 0.760. The molecule has 1 N–H and O–H groups in total. The maximum absolute atomic E-state index is 11.6. The summed E-state index contributed by atoms with van der Waals surface area (Å²) in [6.45, 7) is 2.67. The first-order valence-corrected chi connectivity index (χ1v) is 11.3. The number of rotatable bonds is 3. The fourth-order valence-corrected chi connectivity index (χ4v) is 5.09. The Kier molecular flexibility index (Phi) is 5.65. The third kappa shape index (κ3) is 4.00. The third-order valence-corrected chi connectivity index (χ3v) is 6.65. The first-order valence-electron chi connectivity index (χ1n) is 10.9. The van der Waals surface area contributed by atoms with Crippen molar-refractivity contribution in [3.8, 4) is 6.07 Å². The molecule has 0 saturated carbocycles. The molecule has 0 spiro atoms. The van der Waals surface area contributed by atoms with E-state index in [1.807, 2.05) is 6.07 Å². The lowest BCUT2D eigenvalue weighted by atomic mass is 10.0. The lowest BCUT2D eigenvalue weighted by Gasteiger charge is -2.41. The predicted octanol–water partition coefficient (Wildman–Crippen LogP) is 3.93. The molecule has 1 atom stereocenters. The van der Waals surface area contributed by atoms with Crippen LogP contribution in [-0.2, 0) is 13.0 Å². The van der Waals surface area contributed by atoms with Gasteiger partial charge >= 0.3 is 6.09 Å². The van der Waals surface area contributed by atoms with Gasteiger partial charge < -0.3 is 19.8 Å². The Hall–Kier alpha value is -3.57. The lowest BCUT2D eigenvalue weighted by molar-refractivity contribution is 0.119. The van der Waals surface area contributed by atoms with E-state index in [9.17, 15) is 15.2 Å². The van der Waals surface area contributed by atoms with E-state index in [2.05, 4.69) is 62.2 Å². The highest BCUT2D eigenvalue weighted by molar-refractivity contribution is 6.28. The summed E-state index contributed by atoms with van der Waals surface area (Å²) in [5.41, 5.74) is 3.11. The molecule has 1 unspecified atom stereocenters. The second-order valence-electron chi connectivity index (χ2n) is 8.35. The number of hydrogen-bond donors (Lipinski definition) is 1. The summed E-state index contributed by atoms with van der Waals surface area (Å²) < 4.78 is 0. The highest BCUT2D eigenvalue weighted by Crippen LogP contribution is 2.34. The second kappa shape index (κ2) is 8.75. The number of aromatic nitrogens is 2. The maximum atomic E-state index is 11.6. The van der Waals surface area contributed by atoms with Gasteiger partial charge in [-0.05, 0) is 29.5 Å². The number of hydrogen-bond acceptors (Lipinski definition) is 6. The molecular weight excluding hydrogens is 440 g/mol. The van der Waals surface area contributed by atoms with E-state index in [0.29, 0.717) is 26.2 Å². The number of amides is 1. The maximum Gasteiger partial charge on any atom is 0.407 e. The molecule has 5 rings (SSSR count). The molecule has 1 amide bonds. The van der Waals surface area contributed by atoms with E-state index in [-0.39, 0.29) is 11.7 Å². The molecule has 33 heavy (non-hydrogen) atoms. The molecular formula is C24H23ClN6O2. The minimum absolute atomic E-state index is 0.138. The number of piperazine rings is 1. The van der Waals surface area contributed by atoms with Crippen LogP contribution in [0, 0.1) is 11.3 Å². The molecule has 3 heterocycles. The molecule has 1 fully saturated rings. The Labute approximate surface area is 196 Å². The fraction of sp³-hybridized carbons (Fsp3) is 0.333. The molecule has 2 aliphatic heterocycles. The summed E-state index contributed by atoms with van der Waals surface area (Å²) in [4.78, 5) is 26.4. The number of anilines is 2. The van der Waals surface area contributed by atoms with Crippen LogP contribution < -0.4 is 9.80 Å². The molecule has 1 aromatic heterocycles. The quantitative estimate of drug-likeness (QED) is 0.589. The zero-order chi connectivity index (χ0) is 22.9. The lowest BCUT2D eigenvalue weighted by Crippen LogP contribution is -2.55. The zero-order valence-corrected chi connectivity index (χ0v) is 18.7. The normalized spacial score (nSPS) is 18.2. The van der Waals surface area contributed by atoms with Crippen molar-refractivity contribution in [1.29, 1.82) is 5.26 Å². The molecule has 168 valence electrons. The van der Waals surface area contributed by atoms with Gasteiger partial charge in [0.15, 0.2) is 0 Å². The largest absolute Gasteiger partial charge is 0.465 e. The highest BCUT2D eigenvalue weighted by atomic mass is 35.5. The number of nitrogens with zero attached hydrogens (tertiary/aromatic N) is 6. The van der Waals surface area contributed by atoms with Gasteiger partial charge in [0.1, 0.15) is 5.82 Å². The van der Waals surface area contributed by atoms with Crippen molar-refractivity contribution in [3.63, 3.8) is 0 Å². The number of nitriles is 1. The number of fused-ring (bicyclic) bond motifs is 2. The average Bonchev–Trinajstić information content (AvgIpc) is 2.82. The van der Waals surface area contributed by atoms with Crippen molar-refractivity contribution >= 4 is 40.0 Å². The number of carboxylic acid groups (broad SMARTS) is 1. The van der Waals surface area contributed by atoms with Crippen LogP contribution >= 0.6 is 11.6 Å². The molecule has 9 heteroatoms. The van der Waals surface area contributed by atoms with E-state index >= 15 is 0 Å². The predicted molar refractivity (Wildman–Crippen MR) is 127 cm³/mol. The van der Waals surface area contributed by atoms with Crippen LogP contribution in [0.15, 0.2) is 42.5 Å². The van der Waals surface area contributed by atoms with Crippen LogP contribution in [-0.4, -0.2) is 58.3 Å². The van der Waals surface area contributed by atoms with Crippen LogP contribution in [0.25, 0.3) is 10.8 Å². The van der Waals surface area contributed by atoms with Crippen LogP contribution in [0.1, 0.15) is 17.7 Å². The Balaban J connectivity index is 1.45. The molecule has 8 nitrogen and oxygen atoms in total.